The second-order valence-corrected chi connectivity index (χ2v) is 3.66. The molecule has 0 radical (unpaired) electrons. The molecule has 6 heteroatoms. The van der Waals surface area contributed by atoms with Gasteiger partial charge in [-0.25, -0.2) is 0 Å². The predicted molar refractivity (Wildman–Crippen MR) is 62.9 cm³/mol. The number of nitrogens with zero attached hydrogens (tertiary/aromatic N) is 1. The van der Waals surface area contributed by atoms with E-state index in [0.29, 0.717) is 18.7 Å². The van der Waals surface area contributed by atoms with E-state index in [9.17, 15) is 10.1 Å². The van der Waals surface area contributed by atoms with Crippen LogP contribution < -0.4 is 5.32 Å². The highest BCUT2D eigenvalue weighted by Gasteiger charge is 2.17. The van der Waals surface area contributed by atoms with Crippen molar-refractivity contribution in [1.82, 2.24) is 0 Å². The van der Waals surface area contributed by atoms with Gasteiger partial charge in [0.25, 0.3) is 0 Å². The highest BCUT2D eigenvalue weighted by atomic mass is 35.5. The van der Waals surface area contributed by atoms with Gasteiger partial charge >= 0.3 is 5.69 Å². The average Bonchev–Trinajstić information content (AvgIpc) is 2.24. The highest BCUT2D eigenvalue weighted by Crippen LogP contribution is 2.32. The number of nitro benzene ring substituents is 1. The van der Waals surface area contributed by atoms with Crippen molar-refractivity contribution in [3.8, 4) is 0 Å². The number of anilines is 1. The monoisotopic (exact) mass is 244 g/mol. The molecule has 0 bridgehead atoms. The summed E-state index contributed by atoms with van der Waals surface area (Å²) >= 11 is 5.74. The maximum atomic E-state index is 10.8. The van der Waals surface area contributed by atoms with Crippen LogP contribution in [0.1, 0.15) is 12.8 Å². The number of nitrogens with one attached hydrogen (secondary N) is 1. The number of aliphatic hydroxyl groups is 1. The second-order valence-electron chi connectivity index (χ2n) is 3.25. The number of aliphatic hydroxyl groups excluding tert-OH is 1. The van der Waals surface area contributed by atoms with E-state index in [2.05, 4.69) is 5.32 Å². The summed E-state index contributed by atoms with van der Waals surface area (Å²) in [5.41, 5.74) is 0.309. The van der Waals surface area contributed by atoms with Gasteiger partial charge in [-0.1, -0.05) is 17.7 Å². The molecule has 0 atom stereocenters. The van der Waals surface area contributed by atoms with E-state index >= 15 is 0 Å². The fourth-order valence-electron chi connectivity index (χ4n) is 1.30. The summed E-state index contributed by atoms with van der Waals surface area (Å²) in [6, 6.07) is 4.76. The molecule has 1 aromatic rings. The molecule has 0 aromatic heterocycles. The number of hydrogen-bond acceptors (Lipinski definition) is 4. The quantitative estimate of drug-likeness (QED) is 0.458. The van der Waals surface area contributed by atoms with E-state index in [1.165, 1.54) is 6.07 Å². The molecule has 0 amide bonds. The van der Waals surface area contributed by atoms with Gasteiger partial charge < -0.3 is 10.4 Å². The molecular weight excluding hydrogens is 232 g/mol. The minimum Gasteiger partial charge on any atom is -0.396 e. The van der Waals surface area contributed by atoms with E-state index in [1.54, 1.807) is 12.1 Å². The molecule has 0 saturated heterocycles. The number of rotatable bonds is 6. The largest absolute Gasteiger partial charge is 0.396 e. The number of benzene rings is 1. The van der Waals surface area contributed by atoms with Crippen LogP contribution >= 0.6 is 11.6 Å². The Morgan fingerprint density at radius 2 is 2.19 bits per heavy atom. The third kappa shape index (κ3) is 3.36. The first-order chi connectivity index (χ1) is 7.66. The van der Waals surface area contributed by atoms with Gasteiger partial charge in [0.1, 0.15) is 10.7 Å². The van der Waals surface area contributed by atoms with Crippen molar-refractivity contribution in [2.75, 3.05) is 18.5 Å². The van der Waals surface area contributed by atoms with Crippen molar-refractivity contribution in [3.05, 3.63) is 33.3 Å². The maximum absolute atomic E-state index is 10.8. The molecule has 0 unspecified atom stereocenters. The molecule has 5 nitrogen and oxygen atoms in total. The molecule has 0 saturated carbocycles. The normalized spacial score (nSPS) is 10.1. The van der Waals surface area contributed by atoms with Gasteiger partial charge in [-0.3, -0.25) is 10.1 Å². The number of nitro groups is 1. The van der Waals surface area contributed by atoms with Gasteiger partial charge in [0.05, 0.1) is 4.92 Å². The Hall–Kier alpha value is -1.33. The van der Waals surface area contributed by atoms with Crippen LogP contribution in [-0.4, -0.2) is 23.2 Å². The first kappa shape index (κ1) is 12.7. The predicted octanol–water partition coefficient (Wildman–Crippen LogP) is 2.43. The van der Waals surface area contributed by atoms with Gasteiger partial charge in [0.2, 0.25) is 0 Å². The number of para-hydroxylation sites is 1. The van der Waals surface area contributed by atoms with Crippen molar-refractivity contribution < 1.29 is 10.0 Å². The Morgan fingerprint density at radius 1 is 1.44 bits per heavy atom. The molecule has 88 valence electrons. The number of unbranched alkanes of at least 4 members (excludes halogenated alkanes) is 1. The van der Waals surface area contributed by atoms with Gasteiger partial charge in [-0.15, -0.1) is 0 Å². The topological polar surface area (TPSA) is 75.4 Å². The molecule has 0 fully saturated rings. The molecule has 1 rings (SSSR count). The molecule has 2 N–H and O–H groups in total. The zero-order valence-electron chi connectivity index (χ0n) is 8.65. The van der Waals surface area contributed by atoms with E-state index in [0.717, 1.165) is 6.42 Å². The van der Waals surface area contributed by atoms with Crippen LogP contribution in [0.15, 0.2) is 18.2 Å². The first-order valence-electron chi connectivity index (χ1n) is 4.94. The molecule has 16 heavy (non-hydrogen) atoms. The molecule has 0 heterocycles. The van der Waals surface area contributed by atoms with Crippen LogP contribution in [0.3, 0.4) is 0 Å². The summed E-state index contributed by atoms with van der Waals surface area (Å²) in [4.78, 5) is 10.3. The van der Waals surface area contributed by atoms with Crippen LogP contribution in [-0.2, 0) is 0 Å². The molecule has 0 aliphatic carbocycles. The summed E-state index contributed by atoms with van der Waals surface area (Å²) in [5, 5.41) is 22.4. The summed E-state index contributed by atoms with van der Waals surface area (Å²) in [5.74, 6) is 0. The van der Waals surface area contributed by atoms with Crippen LogP contribution in [0.25, 0.3) is 0 Å². The highest BCUT2D eigenvalue weighted by molar-refractivity contribution is 6.33. The Kier molecular flexibility index (Phi) is 5.01. The average molecular weight is 245 g/mol. The van der Waals surface area contributed by atoms with Gasteiger partial charge in [-0.2, -0.15) is 0 Å². The third-order valence-electron chi connectivity index (χ3n) is 2.07. The molecule has 0 spiro atoms. The van der Waals surface area contributed by atoms with Gasteiger partial charge in [0.15, 0.2) is 0 Å². The zero-order valence-corrected chi connectivity index (χ0v) is 9.41. The Morgan fingerprint density at radius 3 is 2.81 bits per heavy atom. The van der Waals surface area contributed by atoms with Crippen LogP contribution in [0.4, 0.5) is 11.4 Å². The van der Waals surface area contributed by atoms with Crippen molar-refractivity contribution in [2.24, 2.45) is 0 Å². The minimum absolute atomic E-state index is 0.104. The Balaban J connectivity index is 2.71. The van der Waals surface area contributed by atoms with Crippen LogP contribution in [0.5, 0.6) is 0 Å². The Labute approximate surface area is 98.2 Å². The van der Waals surface area contributed by atoms with E-state index in [4.69, 9.17) is 16.7 Å². The molecule has 0 aliphatic heterocycles. The van der Waals surface area contributed by atoms with E-state index in [1.807, 2.05) is 0 Å². The van der Waals surface area contributed by atoms with Crippen molar-refractivity contribution in [3.63, 3.8) is 0 Å². The summed E-state index contributed by atoms with van der Waals surface area (Å²) in [6.45, 7) is 0.695. The summed E-state index contributed by atoms with van der Waals surface area (Å²) in [6.07, 6.45) is 1.42. The van der Waals surface area contributed by atoms with Crippen molar-refractivity contribution in [2.45, 2.75) is 12.8 Å². The van der Waals surface area contributed by atoms with E-state index in [-0.39, 0.29) is 17.3 Å². The Bertz CT molecular complexity index is 371. The second kappa shape index (κ2) is 6.30. The van der Waals surface area contributed by atoms with Crippen LogP contribution in [0.2, 0.25) is 5.02 Å². The SMILES string of the molecule is O=[N+]([O-])c1c(Cl)cccc1NCCCCO. The maximum Gasteiger partial charge on any atom is 0.310 e. The first-order valence-corrected chi connectivity index (χ1v) is 5.32. The van der Waals surface area contributed by atoms with Crippen molar-refractivity contribution in [1.29, 1.82) is 0 Å². The van der Waals surface area contributed by atoms with Crippen molar-refractivity contribution >= 4 is 23.0 Å². The van der Waals surface area contributed by atoms with Gasteiger partial charge in [-0.05, 0) is 25.0 Å². The molecular formula is C10H13ClN2O3. The van der Waals surface area contributed by atoms with Gasteiger partial charge in [0, 0.05) is 13.2 Å². The number of halogens is 1. The van der Waals surface area contributed by atoms with Crippen LogP contribution in [0, 0.1) is 10.1 Å². The van der Waals surface area contributed by atoms with E-state index < -0.39 is 4.92 Å². The molecule has 1 aromatic carbocycles. The third-order valence-corrected chi connectivity index (χ3v) is 2.37. The number of hydrogen-bond donors (Lipinski definition) is 2. The fraction of sp³-hybridized carbons (Fsp3) is 0.400. The zero-order chi connectivity index (χ0) is 12.0. The smallest absolute Gasteiger partial charge is 0.310 e. The lowest BCUT2D eigenvalue weighted by Crippen LogP contribution is -2.05. The fourth-order valence-corrected chi connectivity index (χ4v) is 1.55. The lowest BCUT2D eigenvalue weighted by molar-refractivity contribution is -0.383. The minimum atomic E-state index is -0.503. The summed E-state index contributed by atoms with van der Waals surface area (Å²) in [7, 11) is 0. The lowest BCUT2D eigenvalue weighted by Gasteiger charge is -2.07. The lowest BCUT2D eigenvalue weighted by atomic mass is 10.2. The molecule has 0 aliphatic rings. The summed E-state index contributed by atoms with van der Waals surface area (Å²) < 4.78 is 0. The standard InChI is InChI=1S/C10H13ClN2O3/c11-8-4-3-5-9(10(8)13(15)16)12-6-1-2-7-14/h3-5,12,14H,1-2,6-7H2.